The summed E-state index contributed by atoms with van der Waals surface area (Å²) in [6, 6.07) is 1.96. The fourth-order valence-corrected chi connectivity index (χ4v) is 0.812. The Bertz CT molecular complexity index is 308. The lowest BCUT2D eigenvalue weighted by molar-refractivity contribution is -0.137. The molecule has 0 saturated heterocycles. The van der Waals surface area contributed by atoms with E-state index >= 15 is 0 Å². The molecule has 0 fully saturated rings. The third-order valence-electron chi connectivity index (χ3n) is 1.45. The zero-order chi connectivity index (χ0) is 10.1. The molecule has 0 unspecified atom stereocenters. The molecule has 2 nitrogen and oxygen atoms in total. The van der Waals surface area contributed by atoms with E-state index in [4.69, 9.17) is 5.84 Å². The fraction of sp³-hybridized carbons (Fsp3) is 0.143. The number of halogens is 4. The van der Waals surface area contributed by atoms with Gasteiger partial charge in [0, 0.05) is 0 Å². The van der Waals surface area contributed by atoms with E-state index in [2.05, 4.69) is 0 Å². The van der Waals surface area contributed by atoms with E-state index in [0.717, 1.165) is 0 Å². The zero-order valence-electron chi connectivity index (χ0n) is 6.32. The van der Waals surface area contributed by atoms with Crippen LogP contribution in [0.2, 0.25) is 0 Å². The van der Waals surface area contributed by atoms with Crippen LogP contribution in [0.15, 0.2) is 18.2 Å². The van der Waals surface area contributed by atoms with Crippen LogP contribution in [0, 0.1) is 5.82 Å². The molecule has 0 aliphatic rings. The van der Waals surface area contributed by atoms with Crippen LogP contribution in [0.3, 0.4) is 0 Å². The number of hydrogen-bond donors (Lipinski definition) is 2. The van der Waals surface area contributed by atoms with E-state index in [-0.39, 0.29) is 5.69 Å². The summed E-state index contributed by atoms with van der Waals surface area (Å²) in [7, 11) is 0. The van der Waals surface area contributed by atoms with Gasteiger partial charge in [0.1, 0.15) is 5.82 Å². The first kappa shape index (κ1) is 9.79. The molecule has 1 aromatic carbocycles. The number of rotatable bonds is 1. The third kappa shape index (κ3) is 2.09. The molecule has 0 heterocycles. The highest BCUT2D eigenvalue weighted by Crippen LogP contribution is 2.31. The van der Waals surface area contributed by atoms with Gasteiger partial charge in [-0.2, -0.15) is 13.2 Å². The van der Waals surface area contributed by atoms with E-state index in [1.807, 2.05) is 5.43 Å². The second-order valence-electron chi connectivity index (χ2n) is 2.34. The van der Waals surface area contributed by atoms with Crippen molar-refractivity contribution in [3.8, 4) is 0 Å². The van der Waals surface area contributed by atoms with Gasteiger partial charge in [0.25, 0.3) is 0 Å². The van der Waals surface area contributed by atoms with Gasteiger partial charge in [0.2, 0.25) is 0 Å². The maximum Gasteiger partial charge on any atom is 0.416 e. The molecule has 0 amide bonds. The second kappa shape index (κ2) is 3.21. The molecule has 72 valence electrons. The molecule has 0 aliphatic carbocycles. The Morgan fingerprint density at radius 2 is 1.85 bits per heavy atom. The van der Waals surface area contributed by atoms with Crippen LogP contribution in [0.4, 0.5) is 23.2 Å². The Labute approximate surface area is 71.3 Å². The molecule has 0 radical (unpaired) electrons. The lowest BCUT2D eigenvalue weighted by atomic mass is 10.2. The molecule has 0 saturated carbocycles. The van der Waals surface area contributed by atoms with E-state index < -0.39 is 17.6 Å². The molecule has 1 rings (SSSR count). The molecular weight excluding hydrogens is 188 g/mol. The van der Waals surface area contributed by atoms with Crippen LogP contribution in [-0.2, 0) is 6.18 Å². The highest BCUT2D eigenvalue weighted by molar-refractivity contribution is 5.46. The van der Waals surface area contributed by atoms with Gasteiger partial charge >= 0.3 is 6.18 Å². The summed E-state index contributed by atoms with van der Waals surface area (Å²) in [5.41, 5.74) is 0.510. The molecule has 6 heteroatoms. The Morgan fingerprint density at radius 1 is 1.23 bits per heavy atom. The van der Waals surface area contributed by atoms with Gasteiger partial charge in [-0.15, -0.1) is 0 Å². The molecule has 1 aromatic rings. The van der Waals surface area contributed by atoms with Crippen LogP contribution in [0.25, 0.3) is 0 Å². The van der Waals surface area contributed by atoms with Crippen molar-refractivity contribution in [2.75, 3.05) is 5.43 Å². The van der Waals surface area contributed by atoms with E-state index in [0.29, 0.717) is 18.2 Å². The van der Waals surface area contributed by atoms with Gasteiger partial charge in [-0.1, -0.05) is 0 Å². The number of hydrogen-bond acceptors (Lipinski definition) is 2. The van der Waals surface area contributed by atoms with Crippen LogP contribution in [0.5, 0.6) is 0 Å². The maximum absolute atomic E-state index is 12.6. The van der Waals surface area contributed by atoms with Gasteiger partial charge < -0.3 is 5.43 Å². The maximum atomic E-state index is 12.6. The molecule has 3 N–H and O–H groups in total. The molecular formula is C7H6F4N2. The Kier molecular flexibility index (Phi) is 2.42. The van der Waals surface area contributed by atoms with Gasteiger partial charge in [-0.25, -0.2) is 4.39 Å². The minimum atomic E-state index is -4.49. The average molecular weight is 194 g/mol. The monoisotopic (exact) mass is 194 g/mol. The van der Waals surface area contributed by atoms with Gasteiger partial charge in [0.05, 0.1) is 11.3 Å². The first-order valence-electron chi connectivity index (χ1n) is 3.28. The Balaban J connectivity index is 3.14. The molecule has 0 aliphatic heterocycles. The van der Waals surface area contributed by atoms with Crippen LogP contribution < -0.4 is 11.3 Å². The predicted octanol–water partition coefficient (Wildman–Crippen LogP) is 2.13. The van der Waals surface area contributed by atoms with Crippen molar-refractivity contribution in [2.24, 2.45) is 5.84 Å². The minimum absolute atomic E-state index is 0.380. The zero-order valence-corrected chi connectivity index (χ0v) is 6.32. The Hall–Kier alpha value is -1.30. The summed E-state index contributed by atoms with van der Waals surface area (Å²) < 4.78 is 48.8. The highest BCUT2D eigenvalue weighted by atomic mass is 19.4. The number of hydrazine groups is 1. The third-order valence-corrected chi connectivity index (χ3v) is 1.45. The molecule has 0 spiro atoms. The lowest BCUT2D eigenvalue weighted by Crippen LogP contribution is -2.11. The van der Waals surface area contributed by atoms with Crippen molar-refractivity contribution in [2.45, 2.75) is 6.18 Å². The standard InChI is InChI=1S/C7H6F4N2/c8-5-2-1-4(7(9,10)11)3-6(5)13-12/h1-3,13H,12H2. The minimum Gasteiger partial charge on any atom is -0.321 e. The Morgan fingerprint density at radius 3 is 2.31 bits per heavy atom. The van der Waals surface area contributed by atoms with Crippen molar-refractivity contribution >= 4 is 5.69 Å². The van der Waals surface area contributed by atoms with Crippen LogP contribution in [-0.4, -0.2) is 0 Å². The number of nitrogens with two attached hydrogens (primary N) is 1. The van der Waals surface area contributed by atoms with Crippen molar-refractivity contribution in [1.29, 1.82) is 0 Å². The van der Waals surface area contributed by atoms with Gasteiger partial charge in [-0.3, -0.25) is 5.84 Å². The van der Waals surface area contributed by atoms with E-state index in [1.165, 1.54) is 0 Å². The first-order valence-corrected chi connectivity index (χ1v) is 3.28. The smallest absolute Gasteiger partial charge is 0.321 e. The summed E-state index contributed by atoms with van der Waals surface area (Å²) in [5.74, 6) is 3.98. The fourth-order valence-electron chi connectivity index (χ4n) is 0.812. The van der Waals surface area contributed by atoms with E-state index in [9.17, 15) is 17.6 Å². The van der Waals surface area contributed by atoms with Crippen molar-refractivity contribution in [3.63, 3.8) is 0 Å². The van der Waals surface area contributed by atoms with Gasteiger partial charge in [-0.05, 0) is 18.2 Å². The van der Waals surface area contributed by atoms with Crippen molar-refractivity contribution in [1.82, 2.24) is 0 Å². The number of benzene rings is 1. The summed E-state index contributed by atoms with van der Waals surface area (Å²) in [6.07, 6.45) is -4.49. The summed E-state index contributed by atoms with van der Waals surface area (Å²) in [5, 5.41) is 0. The predicted molar refractivity (Wildman–Crippen MR) is 39.2 cm³/mol. The van der Waals surface area contributed by atoms with Crippen LogP contribution in [0.1, 0.15) is 5.56 Å². The lowest BCUT2D eigenvalue weighted by Gasteiger charge is -2.08. The highest BCUT2D eigenvalue weighted by Gasteiger charge is 2.30. The molecule has 13 heavy (non-hydrogen) atoms. The van der Waals surface area contributed by atoms with Crippen molar-refractivity contribution in [3.05, 3.63) is 29.6 Å². The number of nitrogens with one attached hydrogen (secondary N) is 1. The quantitative estimate of drug-likeness (QED) is 0.408. The number of anilines is 1. The van der Waals surface area contributed by atoms with Crippen molar-refractivity contribution < 1.29 is 17.6 Å². The number of nitrogen functional groups attached to an aromatic ring is 1. The normalized spacial score (nSPS) is 11.5. The molecule has 0 bridgehead atoms. The average Bonchev–Trinajstić information content (AvgIpc) is 2.03. The first-order chi connectivity index (χ1) is 5.95. The molecule has 0 aromatic heterocycles. The summed E-state index contributed by atoms with van der Waals surface area (Å²) in [4.78, 5) is 0. The molecule has 0 atom stereocenters. The SMILES string of the molecule is NNc1cc(C(F)(F)F)ccc1F. The number of alkyl halides is 3. The topological polar surface area (TPSA) is 38.0 Å². The summed E-state index contributed by atoms with van der Waals surface area (Å²) >= 11 is 0. The van der Waals surface area contributed by atoms with Crippen LogP contribution >= 0.6 is 0 Å². The van der Waals surface area contributed by atoms with Gasteiger partial charge in [0.15, 0.2) is 0 Å². The van der Waals surface area contributed by atoms with E-state index in [1.54, 1.807) is 0 Å². The second-order valence-corrected chi connectivity index (χ2v) is 2.34. The summed E-state index contributed by atoms with van der Waals surface area (Å²) in [6.45, 7) is 0. The largest absolute Gasteiger partial charge is 0.416 e.